The smallest absolute Gasteiger partial charge is 0.160 e. The van der Waals surface area contributed by atoms with Crippen molar-refractivity contribution >= 4 is 22.8 Å². The molecule has 0 atom stereocenters. The zero-order valence-electron chi connectivity index (χ0n) is 10.8. The van der Waals surface area contributed by atoms with E-state index >= 15 is 0 Å². The van der Waals surface area contributed by atoms with Gasteiger partial charge in [-0.25, -0.2) is 9.97 Å². The molecule has 2 aromatic heterocycles. The highest BCUT2D eigenvalue weighted by Gasteiger charge is 2.11. The molecule has 102 valence electrons. The quantitative estimate of drug-likeness (QED) is 0.803. The fraction of sp³-hybridized carbons (Fsp3) is 0.200. The molecule has 1 aromatic carbocycles. The van der Waals surface area contributed by atoms with Crippen LogP contribution in [0.4, 0.5) is 0 Å². The Hall–Kier alpha value is -1.91. The summed E-state index contributed by atoms with van der Waals surface area (Å²) in [6.07, 6.45) is 2.43. The number of hydrogen-bond acceptors (Lipinski definition) is 3. The van der Waals surface area contributed by atoms with Crippen molar-refractivity contribution in [2.24, 2.45) is 0 Å². The molecule has 0 aliphatic rings. The number of hydrogen-bond donors (Lipinski definition) is 1. The minimum absolute atomic E-state index is 0.0651. The third kappa shape index (κ3) is 2.53. The number of imidazole rings is 1. The highest BCUT2D eigenvalue weighted by Crippen LogP contribution is 2.17. The second-order valence-corrected chi connectivity index (χ2v) is 4.99. The summed E-state index contributed by atoms with van der Waals surface area (Å²) in [5.74, 6) is 0.898. The van der Waals surface area contributed by atoms with E-state index in [0.29, 0.717) is 13.0 Å². The molecule has 0 aliphatic carbocycles. The lowest BCUT2D eigenvalue weighted by Gasteiger charge is -2.06. The summed E-state index contributed by atoms with van der Waals surface area (Å²) in [4.78, 5) is 8.95. The average Bonchev–Trinajstić information content (AvgIpc) is 2.80. The van der Waals surface area contributed by atoms with Gasteiger partial charge in [0.1, 0.15) is 11.3 Å². The van der Waals surface area contributed by atoms with Gasteiger partial charge in [0.05, 0.1) is 6.61 Å². The molecule has 2 heterocycles. The van der Waals surface area contributed by atoms with Gasteiger partial charge in [-0.3, -0.25) is 0 Å². The maximum atomic E-state index is 9.23. The molecule has 0 amide bonds. The van der Waals surface area contributed by atoms with Crippen molar-refractivity contribution in [3.63, 3.8) is 0 Å². The second kappa shape index (κ2) is 5.61. The normalized spacial score (nSPS) is 11.1. The molecule has 0 fully saturated rings. The zero-order chi connectivity index (χ0) is 13.9. The van der Waals surface area contributed by atoms with Gasteiger partial charge in [0, 0.05) is 24.2 Å². The molecular weight excluding hydrogens is 274 g/mol. The molecule has 20 heavy (non-hydrogen) atoms. The number of benzene rings is 1. The maximum Gasteiger partial charge on any atom is 0.160 e. The molecule has 0 unspecified atom stereocenters. The fourth-order valence-electron chi connectivity index (χ4n) is 2.26. The number of halogens is 1. The van der Waals surface area contributed by atoms with Crippen LogP contribution in [0.1, 0.15) is 11.4 Å². The van der Waals surface area contributed by atoms with Crippen molar-refractivity contribution in [1.82, 2.24) is 14.5 Å². The lowest BCUT2D eigenvalue weighted by molar-refractivity contribution is 0.276. The topological polar surface area (TPSA) is 50.9 Å². The molecule has 0 spiro atoms. The first-order chi connectivity index (χ1) is 9.78. The number of aliphatic hydroxyl groups excluding tert-OH is 1. The Morgan fingerprint density at radius 1 is 1.15 bits per heavy atom. The van der Waals surface area contributed by atoms with Crippen LogP contribution in [-0.4, -0.2) is 26.2 Å². The predicted octanol–water partition coefficient (Wildman–Crippen LogP) is 2.67. The Labute approximate surface area is 121 Å². The fourth-order valence-corrected chi connectivity index (χ4v) is 2.39. The van der Waals surface area contributed by atoms with Crippen LogP contribution in [0.3, 0.4) is 0 Å². The van der Waals surface area contributed by atoms with Crippen molar-refractivity contribution in [3.05, 3.63) is 59.0 Å². The third-order valence-electron chi connectivity index (χ3n) is 3.18. The van der Waals surface area contributed by atoms with E-state index < -0.39 is 0 Å². The van der Waals surface area contributed by atoms with E-state index in [1.54, 1.807) is 6.20 Å². The highest BCUT2D eigenvalue weighted by atomic mass is 35.5. The van der Waals surface area contributed by atoms with Gasteiger partial charge in [-0.15, -0.1) is 0 Å². The summed E-state index contributed by atoms with van der Waals surface area (Å²) in [5, 5.41) is 9.95. The third-order valence-corrected chi connectivity index (χ3v) is 3.43. The minimum Gasteiger partial charge on any atom is -0.395 e. The minimum atomic E-state index is 0.0651. The van der Waals surface area contributed by atoms with Crippen molar-refractivity contribution in [2.45, 2.75) is 13.0 Å². The van der Waals surface area contributed by atoms with Crippen LogP contribution in [0.15, 0.2) is 42.6 Å². The first-order valence-corrected chi connectivity index (χ1v) is 6.81. The van der Waals surface area contributed by atoms with Gasteiger partial charge in [0.25, 0.3) is 0 Å². The van der Waals surface area contributed by atoms with Crippen molar-refractivity contribution < 1.29 is 5.11 Å². The first kappa shape index (κ1) is 13.1. The summed E-state index contributed by atoms with van der Waals surface area (Å²) >= 11 is 5.90. The molecule has 3 aromatic rings. The van der Waals surface area contributed by atoms with Crippen LogP contribution in [0.5, 0.6) is 0 Å². The Balaban J connectivity index is 2.01. The van der Waals surface area contributed by atoms with Crippen molar-refractivity contribution in [1.29, 1.82) is 0 Å². The Kier molecular flexibility index (Phi) is 3.67. The summed E-state index contributed by atoms with van der Waals surface area (Å²) in [6, 6.07) is 11.5. The largest absolute Gasteiger partial charge is 0.395 e. The number of nitrogens with zero attached hydrogens (tertiary/aromatic N) is 3. The standard InChI is InChI=1S/C15H14ClN3O/c16-12-5-3-11(4-6-12)10-14-18-13-2-1-7-17-15(13)19(14)8-9-20/h1-7,20H,8-10H2. The lowest BCUT2D eigenvalue weighted by Crippen LogP contribution is -2.08. The van der Waals surface area contributed by atoms with E-state index in [1.807, 2.05) is 41.0 Å². The van der Waals surface area contributed by atoms with Crippen molar-refractivity contribution in [2.75, 3.05) is 6.61 Å². The van der Waals surface area contributed by atoms with E-state index in [-0.39, 0.29) is 6.61 Å². The molecule has 0 aliphatic heterocycles. The molecule has 0 bridgehead atoms. The zero-order valence-corrected chi connectivity index (χ0v) is 11.6. The Morgan fingerprint density at radius 3 is 2.70 bits per heavy atom. The second-order valence-electron chi connectivity index (χ2n) is 4.55. The van der Waals surface area contributed by atoms with E-state index in [2.05, 4.69) is 9.97 Å². The molecule has 0 radical (unpaired) electrons. The van der Waals surface area contributed by atoms with Crippen molar-refractivity contribution in [3.8, 4) is 0 Å². The number of aliphatic hydroxyl groups is 1. The number of fused-ring (bicyclic) bond motifs is 1. The lowest BCUT2D eigenvalue weighted by atomic mass is 10.1. The van der Waals surface area contributed by atoms with Crippen LogP contribution in [-0.2, 0) is 13.0 Å². The van der Waals surface area contributed by atoms with Crippen LogP contribution in [0.25, 0.3) is 11.2 Å². The van der Waals surface area contributed by atoms with E-state index in [4.69, 9.17) is 11.6 Å². The molecular formula is C15H14ClN3O. The molecule has 0 saturated carbocycles. The van der Waals surface area contributed by atoms with Gasteiger partial charge in [0.15, 0.2) is 5.65 Å². The summed E-state index contributed by atoms with van der Waals surface area (Å²) in [7, 11) is 0. The van der Waals surface area contributed by atoms with E-state index in [1.165, 1.54) is 0 Å². The van der Waals surface area contributed by atoms with Crippen LogP contribution in [0.2, 0.25) is 5.02 Å². The highest BCUT2D eigenvalue weighted by molar-refractivity contribution is 6.30. The number of pyridine rings is 1. The molecule has 0 saturated heterocycles. The average molecular weight is 288 g/mol. The monoisotopic (exact) mass is 287 g/mol. The van der Waals surface area contributed by atoms with Crippen LogP contribution < -0.4 is 0 Å². The van der Waals surface area contributed by atoms with E-state index in [0.717, 1.165) is 27.6 Å². The molecule has 5 heteroatoms. The maximum absolute atomic E-state index is 9.23. The molecule has 1 N–H and O–H groups in total. The van der Waals surface area contributed by atoms with Gasteiger partial charge in [-0.05, 0) is 29.8 Å². The molecule has 3 rings (SSSR count). The van der Waals surface area contributed by atoms with Crippen LogP contribution >= 0.6 is 11.6 Å². The summed E-state index contributed by atoms with van der Waals surface area (Å²) in [5.41, 5.74) is 2.79. The SMILES string of the molecule is OCCn1c(Cc2ccc(Cl)cc2)nc2cccnc21. The number of aromatic nitrogens is 3. The predicted molar refractivity (Wildman–Crippen MR) is 78.9 cm³/mol. The van der Waals surface area contributed by atoms with Gasteiger partial charge in [-0.2, -0.15) is 0 Å². The van der Waals surface area contributed by atoms with Crippen LogP contribution in [0, 0.1) is 0 Å². The number of rotatable bonds is 4. The Bertz CT molecular complexity index is 722. The molecule has 4 nitrogen and oxygen atoms in total. The Morgan fingerprint density at radius 2 is 1.95 bits per heavy atom. The van der Waals surface area contributed by atoms with E-state index in [9.17, 15) is 5.11 Å². The summed E-state index contributed by atoms with van der Waals surface area (Å²) in [6.45, 7) is 0.562. The van der Waals surface area contributed by atoms with Gasteiger partial charge in [0.2, 0.25) is 0 Å². The first-order valence-electron chi connectivity index (χ1n) is 6.43. The summed E-state index contributed by atoms with van der Waals surface area (Å²) < 4.78 is 1.96. The van der Waals surface area contributed by atoms with Gasteiger partial charge in [-0.1, -0.05) is 23.7 Å². The van der Waals surface area contributed by atoms with Gasteiger partial charge < -0.3 is 9.67 Å². The van der Waals surface area contributed by atoms with Gasteiger partial charge >= 0.3 is 0 Å².